The maximum Gasteiger partial charge on any atom is 0.191 e. The van der Waals surface area contributed by atoms with Gasteiger partial charge in [-0.15, -0.1) is 0 Å². The number of hydrogen-bond donors (Lipinski definition) is 2. The third-order valence-electron chi connectivity index (χ3n) is 3.79. The zero-order valence-electron chi connectivity index (χ0n) is 14.8. The van der Waals surface area contributed by atoms with Gasteiger partial charge in [-0.05, 0) is 59.7 Å². The van der Waals surface area contributed by atoms with Crippen LogP contribution in [-0.4, -0.2) is 17.9 Å². The van der Waals surface area contributed by atoms with Gasteiger partial charge in [0.1, 0.15) is 5.75 Å². The Kier molecular flexibility index (Phi) is 6.95. The highest BCUT2D eigenvalue weighted by molar-refractivity contribution is 7.80. The Morgan fingerprint density at radius 3 is 2.26 bits per heavy atom. The van der Waals surface area contributed by atoms with Gasteiger partial charge in [-0.3, -0.25) is 5.43 Å². The molecule has 0 aromatic heterocycles. The summed E-state index contributed by atoms with van der Waals surface area (Å²) >= 11 is 5.20. The Morgan fingerprint density at radius 1 is 0.889 bits per heavy atom. The summed E-state index contributed by atoms with van der Waals surface area (Å²) < 4.78 is 5.78. The molecule has 0 aliphatic rings. The highest BCUT2D eigenvalue weighted by Crippen LogP contribution is 2.12. The van der Waals surface area contributed by atoms with Gasteiger partial charge >= 0.3 is 0 Å². The lowest BCUT2D eigenvalue weighted by Gasteiger charge is -2.07. The highest BCUT2D eigenvalue weighted by atomic mass is 32.1. The molecule has 0 atom stereocenters. The molecule has 0 aliphatic carbocycles. The van der Waals surface area contributed by atoms with Crippen LogP contribution in [0, 0.1) is 0 Å². The van der Waals surface area contributed by atoms with Crippen LogP contribution in [0.15, 0.2) is 90.0 Å². The molecule has 0 saturated carbocycles. The fraction of sp³-hybridized carbons (Fsp3) is 0.0909. The molecule has 0 saturated heterocycles. The minimum Gasteiger partial charge on any atom is -0.493 e. The Labute approximate surface area is 164 Å². The molecule has 0 heterocycles. The van der Waals surface area contributed by atoms with Gasteiger partial charge < -0.3 is 10.1 Å². The van der Waals surface area contributed by atoms with Crippen LogP contribution < -0.4 is 15.5 Å². The molecule has 5 heteroatoms. The molecule has 27 heavy (non-hydrogen) atoms. The summed E-state index contributed by atoms with van der Waals surface area (Å²) in [5.41, 5.74) is 5.95. The quantitative estimate of drug-likeness (QED) is 0.359. The molecule has 0 unspecified atom stereocenters. The lowest BCUT2D eigenvalue weighted by atomic mass is 10.2. The summed E-state index contributed by atoms with van der Waals surface area (Å²) in [6.45, 7) is 0.651. The second kappa shape index (κ2) is 10.1. The van der Waals surface area contributed by atoms with Crippen molar-refractivity contribution in [2.75, 3.05) is 11.9 Å². The van der Waals surface area contributed by atoms with Crippen molar-refractivity contribution in [3.8, 4) is 5.75 Å². The maximum absolute atomic E-state index is 5.78. The van der Waals surface area contributed by atoms with Crippen molar-refractivity contribution in [2.24, 2.45) is 5.10 Å². The Balaban J connectivity index is 1.41. The van der Waals surface area contributed by atoms with Crippen molar-refractivity contribution in [3.63, 3.8) is 0 Å². The fourth-order valence-electron chi connectivity index (χ4n) is 2.43. The van der Waals surface area contributed by atoms with E-state index < -0.39 is 0 Å². The van der Waals surface area contributed by atoms with Crippen molar-refractivity contribution < 1.29 is 4.74 Å². The first kappa shape index (κ1) is 18.6. The number of thiocarbonyl (C=S) groups is 1. The Morgan fingerprint density at radius 2 is 1.56 bits per heavy atom. The predicted octanol–water partition coefficient (Wildman–Crippen LogP) is 4.63. The number of benzene rings is 3. The lowest BCUT2D eigenvalue weighted by molar-refractivity contribution is 0.322. The van der Waals surface area contributed by atoms with Crippen molar-refractivity contribution in [3.05, 3.63) is 96.1 Å². The van der Waals surface area contributed by atoms with E-state index in [1.165, 1.54) is 5.56 Å². The van der Waals surface area contributed by atoms with Crippen LogP contribution in [0.2, 0.25) is 0 Å². The topological polar surface area (TPSA) is 45.7 Å². The molecule has 0 fully saturated rings. The predicted molar refractivity (Wildman–Crippen MR) is 115 cm³/mol. The SMILES string of the molecule is S=C(NN=Cc1ccc(OCCc2ccccc2)cc1)Nc1ccccc1. The Hall–Kier alpha value is -3.18. The van der Waals surface area contributed by atoms with E-state index in [4.69, 9.17) is 17.0 Å². The van der Waals surface area contributed by atoms with E-state index in [0.29, 0.717) is 11.7 Å². The molecule has 4 nitrogen and oxygen atoms in total. The van der Waals surface area contributed by atoms with Crippen molar-refractivity contribution >= 4 is 29.2 Å². The minimum atomic E-state index is 0.443. The van der Waals surface area contributed by atoms with Gasteiger partial charge in [-0.1, -0.05) is 48.5 Å². The smallest absolute Gasteiger partial charge is 0.191 e. The summed E-state index contributed by atoms with van der Waals surface area (Å²) in [6, 6.07) is 27.8. The van der Waals surface area contributed by atoms with Gasteiger partial charge in [0, 0.05) is 12.1 Å². The number of anilines is 1. The first-order valence-electron chi connectivity index (χ1n) is 8.71. The van der Waals surface area contributed by atoms with Crippen LogP contribution in [-0.2, 0) is 6.42 Å². The largest absolute Gasteiger partial charge is 0.493 e. The maximum atomic E-state index is 5.78. The van der Waals surface area contributed by atoms with Gasteiger partial charge in [0.05, 0.1) is 12.8 Å². The van der Waals surface area contributed by atoms with Gasteiger partial charge in [0.25, 0.3) is 0 Å². The van der Waals surface area contributed by atoms with Crippen LogP contribution in [0.5, 0.6) is 5.75 Å². The second-order valence-electron chi connectivity index (χ2n) is 5.84. The molecule has 0 aliphatic heterocycles. The zero-order valence-corrected chi connectivity index (χ0v) is 15.7. The molecule has 3 aromatic rings. The molecule has 3 aromatic carbocycles. The number of nitrogens with one attached hydrogen (secondary N) is 2. The van der Waals surface area contributed by atoms with Crippen LogP contribution >= 0.6 is 12.2 Å². The molecule has 0 radical (unpaired) electrons. The van der Waals surface area contributed by atoms with E-state index in [0.717, 1.165) is 23.4 Å². The van der Waals surface area contributed by atoms with Gasteiger partial charge in [0.15, 0.2) is 5.11 Å². The second-order valence-corrected chi connectivity index (χ2v) is 6.25. The van der Waals surface area contributed by atoms with Gasteiger partial charge in [0.2, 0.25) is 0 Å². The molecule has 0 bridgehead atoms. The van der Waals surface area contributed by atoms with Crippen molar-refractivity contribution in [1.29, 1.82) is 0 Å². The van der Waals surface area contributed by atoms with Gasteiger partial charge in [-0.2, -0.15) is 5.10 Å². The first-order chi connectivity index (χ1) is 13.3. The molecular formula is C22H21N3OS. The van der Waals surface area contributed by atoms with Crippen LogP contribution in [0.4, 0.5) is 5.69 Å². The molecule has 3 rings (SSSR count). The highest BCUT2D eigenvalue weighted by Gasteiger charge is 1.97. The summed E-state index contributed by atoms with van der Waals surface area (Å²) in [5.74, 6) is 0.845. The average molecular weight is 375 g/mol. The molecule has 0 spiro atoms. The number of para-hydroxylation sites is 1. The third kappa shape index (κ3) is 6.56. The summed E-state index contributed by atoms with van der Waals surface area (Å²) in [6.07, 6.45) is 2.60. The monoisotopic (exact) mass is 375 g/mol. The Bertz CT molecular complexity index is 865. The fourth-order valence-corrected chi connectivity index (χ4v) is 2.60. The number of rotatable bonds is 7. The van der Waals surface area contributed by atoms with E-state index in [1.807, 2.05) is 72.8 Å². The summed E-state index contributed by atoms with van der Waals surface area (Å²) in [7, 11) is 0. The lowest BCUT2D eigenvalue weighted by Crippen LogP contribution is -2.23. The first-order valence-corrected chi connectivity index (χ1v) is 9.12. The zero-order chi connectivity index (χ0) is 18.7. The van der Waals surface area contributed by atoms with E-state index in [2.05, 4.69) is 28.0 Å². The normalized spacial score (nSPS) is 10.5. The average Bonchev–Trinajstić information content (AvgIpc) is 2.71. The number of hydrazone groups is 1. The van der Waals surface area contributed by atoms with Crippen LogP contribution in [0.25, 0.3) is 0 Å². The van der Waals surface area contributed by atoms with Crippen molar-refractivity contribution in [1.82, 2.24) is 5.43 Å². The number of ether oxygens (including phenoxy) is 1. The van der Waals surface area contributed by atoms with E-state index in [1.54, 1.807) is 6.21 Å². The van der Waals surface area contributed by atoms with E-state index >= 15 is 0 Å². The summed E-state index contributed by atoms with van der Waals surface area (Å²) in [4.78, 5) is 0. The van der Waals surface area contributed by atoms with E-state index in [-0.39, 0.29) is 0 Å². The standard InChI is InChI=1S/C22H21N3OS/c27-22(24-20-9-5-2-6-10-20)25-23-17-19-11-13-21(14-12-19)26-16-15-18-7-3-1-4-8-18/h1-14,17H,15-16H2,(H2,24,25,27). The van der Waals surface area contributed by atoms with Crippen molar-refractivity contribution in [2.45, 2.75) is 6.42 Å². The molecular weight excluding hydrogens is 354 g/mol. The number of nitrogens with zero attached hydrogens (tertiary/aromatic N) is 1. The molecule has 0 amide bonds. The molecule has 136 valence electrons. The number of hydrogen-bond acceptors (Lipinski definition) is 3. The summed E-state index contributed by atoms with van der Waals surface area (Å²) in [5, 5.41) is 7.65. The van der Waals surface area contributed by atoms with E-state index in [9.17, 15) is 0 Å². The molecule has 2 N–H and O–H groups in total. The third-order valence-corrected chi connectivity index (χ3v) is 3.99. The van der Waals surface area contributed by atoms with Gasteiger partial charge in [-0.25, -0.2) is 0 Å². The van der Waals surface area contributed by atoms with Crippen LogP contribution in [0.1, 0.15) is 11.1 Å². The van der Waals surface area contributed by atoms with Crippen LogP contribution in [0.3, 0.4) is 0 Å². The minimum absolute atomic E-state index is 0.443.